The molecular formula is C11H9ClN4O2S. The number of carbonyl (C=O) groups excluding carboxylic acids is 1. The van der Waals surface area contributed by atoms with Gasteiger partial charge in [-0.15, -0.1) is 5.10 Å². The SMILES string of the molecule is O=C(O[C@@H]1CSc2nnnn2C1)c1ccccc1Cl. The lowest BCUT2D eigenvalue weighted by Crippen LogP contribution is -2.30. The Morgan fingerprint density at radius 2 is 2.32 bits per heavy atom. The average Bonchev–Trinajstić information content (AvgIpc) is 2.86. The van der Waals surface area contributed by atoms with Gasteiger partial charge in [0.2, 0.25) is 5.16 Å². The second kappa shape index (κ2) is 5.18. The molecule has 0 saturated carbocycles. The van der Waals surface area contributed by atoms with Crippen molar-refractivity contribution in [2.24, 2.45) is 0 Å². The predicted molar refractivity (Wildman–Crippen MR) is 69.2 cm³/mol. The van der Waals surface area contributed by atoms with Crippen LogP contribution in [0.5, 0.6) is 0 Å². The predicted octanol–water partition coefficient (Wildman–Crippen LogP) is 1.66. The summed E-state index contributed by atoms with van der Waals surface area (Å²) in [6, 6.07) is 6.82. The number of hydrogen-bond donors (Lipinski definition) is 0. The van der Waals surface area contributed by atoms with Gasteiger partial charge in [-0.05, 0) is 22.6 Å². The van der Waals surface area contributed by atoms with E-state index in [1.165, 1.54) is 11.8 Å². The number of hydrogen-bond acceptors (Lipinski definition) is 6. The van der Waals surface area contributed by atoms with Crippen LogP contribution in [0.2, 0.25) is 5.02 Å². The van der Waals surface area contributed by atoms with E-state index in [9.17, 15) is 4.79 Å². The van der Waals surface area contributed by atoms with Gasteiger partial charge in [-0.3, -0.25) is 0 Å². The molecular weight excluding hydrogens is 288 g/mol. The highest BCUT2D eigenvalue weighted by molar-refractivity contribution is 7.99. The van der Waals surface area contributed by atoms with Crippen molar-refractivity contribution >= 4 is 29.3 Å². The second-order valence-electron chi connectivity index (χ2n) is 3.96. The van der Waals surface area contributed by atoms with Crippen LogP contribution in [0.15, 0.2) is 29.4 Å². The van der Waals surface area contributed by atoms with Crippen molar-refractivity contribution < 1.29 is 9.53 Å². The Morgan fingerprint density at radius 3 is 3.16 bits per heavy atom. The van der Waals surface area contributed by atoms with Crippen LogP contribution in [0, 0.1) is 0 Å². The number of esters is 1. The molecule has 1 aromatic heterocycles. The summed E-state index contributed by atoms with van der Waals surface area (Å²) in [7, 11) is 0. The molecule has 0 radical (unpaired) electrons. The molecule has 19 heavy (non-hydrogen) atoms. The zero-order chi connectivity index (χ0) is 13.2. The molecule has 1 aliphatic heterocycles. The first-order valence-electron chi connectivity index (χ1n) is 5.58. The standard InChI is InChI=1S/C11H9ClN4O2S/c12-9-4-2-1-3-8(9)10(17)18-7-5-16-11(19-6-7)13-14-15-16/h1-4,7H,5-6H2/t7-/m0/s1. The Balaban J connectivity index is 1.70. The Morgan fingerprint density at radius 1 is 1.47 bits per heavy atom. The minimum absolute atomic E-state index is 0.259. The number of fused-ring (bicyclic) bond motifs is 1. The van der Waals surface area contributed by atoms with Gasteiger partial charge >= 0.3 is 5.97 Å². The van der Waals surface area contributed by atoms with Gasteiger partial charge in [-0.1, -0.05) is 35.5 Å². The zero-order valence-corrected chi connectivity index (χ0v) is 11.3. The molecule has 0 N–H and O–H groups in total. The van der Waals surface area contributed by atoms with Crippen molar-refractivity contribution in [2.45, 2.75) is 17.8 Å². The Bertz CT molecular complexity index is 618. The summed E-state index contributed by atoms with van der Waals surface area (Å²) in [5, 5.41) is 12.4. The number of rotatable bonds is 2. The van der Waals surface area contributed by atoms with Crippen LogP contribution in [0.4, 0.5) is 0 Å². The van der Waals surface area contributed by atoms with Gasteiger partial charge in [0, 0.05) is 5.75 Å². The maximum absolute atomic E-state index is 12.0. The topological polar surface area (TPSA) is 69.9 Å². The van der Waals surface area contributed by atoms with Crippen LogP contribution in [0.25, 0.3) is 0 Å². The molecule has 1 aliphatic rings. The average molecular weight is 297 g/mol. The van der Waals surface area contributed by atoms with Crippen molar-refractivity contribution in [3.8, 4) is 0 Å². The lowest BCUT2D eigenvalue weighted by Gasteiger charge is -2.21. The number of halogens is 1. The molecule has 6 nitrogen and oxygen atoms in total. The normalized spacial score (nSPS) is 17.8. The van der Waals surface area contributed by atoms with Crippen molar-refractivity contribution in [2.75, 3.05) is 5.75 Å². The van der Waals surface area contributed by atoms with Gasteiger partial charge < -0.3 is 4.74 Å². The molecule has 3 rings (SSSR count). The Hall–Kier alpha value is -1.60. The summed E-state index contributed by atoms with van der Waals surface area (Å²) in [5.74, 6) is 0.212. The Kier molecular flexibility index (Phi) is 3.39. The number of ether oxygens (including phenoxy) is 1. The highest BCUT2D eigenvalue weighted by Crippen LogP contribution is 2.24. The van der Waals surface area contributed by atoms with Gasteiger partial charge in [-0.2, -0.15) is 0 Å². The minimum Gasteiger partial charge on any atom is -0.456 e. The van der Waals surface area contributed by atoms with Crippen LogP contribution < -0.4 is 0 Å². The van der Waals surface area contributed by atoms with E-state index in [1.807, 2.05) is 0 Å². The summed E-state index contributed by atoms with van der Waals surface area (Å²) in [6.45, 7) is 0.464. The fourth-order valence-electron chi connectivity index (χ4n) is 1.74. The lowest BCUT2D eigenvalue weighted by molar-refractivity contribution is 0.0294. The number of aromatic nitrogens is 4. The highest BCUT2D eigenvalue weighted by atomic mass is 35.5. The summed E-state index contributed by atoms with van der Waals surface area (Å²) >= 11 is 7.42. The third-order valence-electron chi connectivity index (χ3n) is 2.64. The monoisotopic (exact) mass is 296 g/mol. The first kappa shape index (κ1) is 12.4. The first-order chi connectivity index (χ1) is 9.24. The van der Waals surface area contributed by atoms with E-state index in [0.717, 1.165) is 5.16 Å². The van der Waals surface area contributed by atoms with Gasteiger partial charge in [0.15, 0.2) is 0 Å². The zero-order valence-electron chi connectivity index (χ0n) is 9.69. The molecule has 0 unspecified atom stereocenters. The van der Waals surface area contributed by atoms with Crippen LogP contribution in [0.3, 0.4) is 0 Å². The Labute approximate surface area is 118 Å². The van der Waals surface area contributed by atoms with Gasteiger partial charge in [0.25, 0.3) is 0 Å². The van der Waals surface area contributed by atoms with Crippen LogP contribution in [-0.4, -0.2) is 38.0 Å². The number of tetrazole rings is 1. The first-order valence-corrected chi connectivity index (χ1v) is 6.95. The smallest absolute Gasteiger partial charge is 0.340 e. The highest BCUT2D eigenvalue weighted by Gasteiger charge is 2.25. The number of benzene rings is 1. The summed E-state index contributed by atoms with van der Waals surface area (Å²) in [6.07, 6.45) is -0.259. The van der Waals surface area contributed by atoms with Crippen LogP contribution >= 0.6 is 23.4 Å². The second-order valence-corrected chi connectivity index (χ2v) is 5.36. The number of nitrogens with zero attached hydrogens (tertiary/aromatic N) is 4. The molecule has 2 heterocycles. The lowest BCUT2D eigenvalue weighted by atomic mass is 10.2. The van der Waals surface area contributed by atoms with Crippen molar-refractivity contribution in [1.29, 1.82) is 0 Å². The van der Waals surface area contributed by atoms with Crippen LogP contribution in [-0.2, 0) is 11.3 Å². The van der Waals surface area contributed by atoms with E-state index in [0.29, 0.717) is 22.9 Å². The molecule has 0 amide bonds. The molecule has 1 aromatic carbocycles. The van der Waals surface area contributed by atoms with Crippen molar-refractivity contribution in [3.63, 3.8) is 0 Å². The summed E-state index contributed by atoms with van der Waals surface area (Å²) in [5.41, 5.74) is 0.372. The van der Waals surface area contributed by atoms with E-state index in [2.05, 4.69) is 15.5 Å². The van der Waals surface area contributed by atoms with Gasteiger partial charge in [0.05, 0.1) is 17.1 Å². The van der Waals surface area contributed by atoms with Crippen LogP contribution in [0.1, 0.15) is 10.4 Å². The molecule has 0 saturated heterocycles. The minimum atomic E-state index is -0.423. The molecule has 0 bridgehead atoms. The maximum Gasteiger partial charge on any atom is 0.340 e. The van der Waals surface area contributed by atoms with Crippen molar-refractivity contribution in [3.05, 3.63) is 34.9 Å². The van der Waals surface area contributed by atoms with Crippen molar-refractivity contribution in [1.82, 2.24) is 20.2 Å². The third-order valence-corrected chi connectivity index (χ3v) is 4.06. The molecule has 0 spiro atoms. The van der Waals surface area contributed by atoms with E-state index in [-0.39, 0.29) is 6.10 Å². The fourth-order valence-corrected chi connectivity index (χ4v) is 2.82. The van der Waals surface area contributed by atoms with E-state index in [4.69, 9.17) is 16.3 Å². The third kappa shape index (κ3) is 2.57. The van der Waals surface area contributed by atoms with E-state index >= 15 is 0 Å². The molecule has 8 heteroatoms. The fraction of sp³-hybridized carbons (Fsp3) is 0.273. The molecule has 0 aliphatic carbocycles. The van der Waals surface area contributed by atoms with Gasteiger partial charge in [0.1, 0.15) is 6.10 Å². The molecule has 0 fully saturated rings. The molecule has 98 valence electrons. The largest absolute Gasteiger partial charge is 0.456 e. The van der Waals surface area contributed by atoms with E-state index < -0.39 is 5.97 Å². The van der Waals surface area contributed by atoms with Gasteiger partial charge in [-0.25, -0.2) is 9.48 Å². The molecule has 2 aromatic rings. The summed E-state index contributed by atoms with van der Waals surface area (Å²) < 4.78 is 7.05. The number of carbonyl (C=O) groups is 1. The maximum atomic E-state index is 12.0. The number of thioether (sulfide) groups is 1. The quantitative estimate of drug-likeness (QED) is 0.785. The summed E-state index contributed by atoms with van der Waals surface area (Å²) in [4.78, 5) is 12.0. The van der Waals surface area contributed by atoms with E-state index in [1.54, 1.807) is 28.9 Å². The molecule has 1 atom stereocenters.